The lowest BCUT2D eigenvalue weighted by Crippen LogP contribution is -2.61. The second kappa shape index (κ2) is 24.7. The van der Waals surface area contributed by atoms with Crippen molar-refractivity contribution in [3.8, 4) is 5.75 Å². The molecule has 420 valence electrons. The quantitative estimate of drug-likeness (QED) is 0.0201. The Morgan fingerprint density at radius 1 is 0.872 bits per heavy atom. The number of likely N-dealkylation sites (tertiary alicyclic amines) is 1. The van der Waals surface area contributed by atoms with Crippen molar-refractivity contribution >= 4 is 62.4 Å². The van der Waals surface area contributed by atoms with Crippen LogP contribution in [-0.4, -0.2) is 174 Å². The number of fused-ring (bicyclic) bond motifs is 2. The van der Waals surface area contributed by atoms with Crippen LogP contribution in [0.15, 0.2) is 72.2 Å². The number of aliphatic hydroxyl groups excluding tert-OH is 4. The van der Waals surface area contributed by atoms with Crippen molar-refractivity contribution in [1.82, 2.24) is 19.8 Å². The van der Waals surface area contributed by atoms with Gasteiger partial charge in [0.1, 0.15) is 29.4 Å². The average Bonchev–Trinajstić information content (AvgIpc) is 3.64. The summed E-state index contributed by atoms with van der Waals surface area (Å²) in [6, 6.07) is 14.4. The Balaban J connectivity index is 0.843. The van der Waals surface area contributed by atoms with E-state index in [1.54, 1.807) is 18.5 Å². The van der Waals surface area contributed by atoms with Gasteiger partial charge in [0.05, 0.1) is 89.4 Å². The molecule has 1 saturated heterocycles. The summed E-state index contributed by atoms with van der Waals surface area (Å²) in [6.45, 7) is 1.12. The highest BCUT2D eigenvalue weighted by molar-refractivity contribution is 7.84. The molecule has 0 unspecified atom stereocenters. The molecule has 2 aromatic carbocycles. The molecule has 2 aromatic heterocycles. The fraction of sp³-hybridized carbons (Fsp3) is 0.510. The Labute approximate surface area is 447 Å². The number of nitrogens with one attached hydrogen (secondary N) is 3. The number of benzene rings is 2. The molecule has 9 atom stereocenters. The number of carboxylic acids is 1. The van der Waals surface area contributed by atoms with E-state index in [9.17, 15) is 57.9 Å². The smallest absolute Gasteiger partial charge is 0.335 e. The molecule has 0 radical (unpaired) electrons. The molecule has 3 aliphatic carbocycles. The van der Waals surface area contributed by atoms with Crippen molar-refractivity contribution in [2.45, 2.75) is 100 Å². The number of carbonyl (C=O) groups excluding carboxylic acids is 4. The Morgan fingerprint density at radius 2 is 1.60 bits per heavy atom. The van der Waals surface area contributed by atoms with E-state index in [1.165, 1.54) is 22.1 Å². The lowest BCUT2D eigenvalue weighted by atomic mass is 9.99. The van der Waals surface area contributed by atoms with Crippen molar-refractivity contribution in [3.05, 3.63) is 88.9 Å². The van der Waals surface area contributed by atoms with E-state index in [0.717, 1.165) is 18.2 Å². The Hall–Kier alpha value is -6.50. The topological polar surface area (TPSA) is 363 Å². The zero-order chi connectivity index (χ0) is 55.3. The van der Waals surface area contributed by atoms with Gasteiger partial charge in [0.2, 0.25) is 35.9 Å². The molecular formula is C51H63N8O18S+. The summed E-state index contributed by atoms with van der Waals surface area (Å²) >= 11 is 0. The monoisotopic (exact) mass is 1110 g/mol. The number of piperidine rings is 1. The molecule has 5 aliphatic rings. The fourth-order valence-electron chi connectivity index (χ4n) is 10.2. The molecule has 0 bridgehead atoms. The van der Waals surface area contributed by atoms with Crippen LogP contribution in [0.2, 0.25) is 0 Å². The number of hydrogen-bond acceptors (Lipinski definition) is 19. The van der Waals surface area contributed by atoms with Gasteiger partial charge < -0.3 is 65.2 Å². The first-order valence-corrected chi connectivity index (χ1v) is 27.1. The van der Waals surface area contributed by atoms with Gasteiger partial charge in [-0.05, 0) is 54.2 Å². The second-order valence-corrected chi connectivity index (χ2v) is 20.9. The summed E-state index contributed by atoms with van der Waals surface area (Å²) in [5.41, 5.74) is 4.89. The first kappa shape index (κ1) is 56.2. The maximum absolute atomic E-state index is 13.6. The maximum Gasteiger partial charge on any atom is 0.335 e. The second-order valence-electron chi connectivity index (χ2n) is 19.7. The lowest BCUT2D eigenvalue weighted by Gasteiger charge is -2.38. The number of carboxylic acid groups (broad SMARTS) is 1. The van der Waals surface area contributed by atoms with Gasteiger partial charge in [0.25, 0.3) is 11.8 Å². The van der Waals surface area contributed by atoms with Crippen LogP contribution in [0, 0.1) is 5.92 Å². The largest absolute Gasteiger partial charge is 0.479 e. The van der Waals surface area contributed by atoms with Crippen molar-refractivity contribution in [3.63, 3.8) is 0 Å². The van der Waals surface area contributed by atoms with E-state index in [0.29, 0.717) is 41.0 Å². The van der Waals surface area contributed by atoms with E-state index in [1.807, 2.05) is 33.5 Å². The molecular weight excluding hydrogens is 1040 g/mol. The van der Waals surface area contributed by atoms with Gasteiger partial charge in [-0.15, -0.1) is 0 Å². The normalized spacial score (nSPS) is 24.6. The van der Waals surface area contributed by atoms with Gasteiger partial charge in [-0.1, -0.05) is 35.3 Å². The summed E-state index contributed by atoms with van der Waals surface area (Å²) in [5, 5.41) is 67.3. The predicted octanol–water partition coefficient (Wildman–Crippen LogP) is -0.772. The summed E-state index contributed by atoms with van der Waals surface area (Å²) < 4.78 is 59.8. The molecule has 4 amide bonds. The van der Waals surface area contributed by atoms with Crippen LogP contribution in [0.5, 0.6) is 5.75 Å². The zero-order valence-corrected chi connectivity index (χ0v) is 43.1. The Bertz CT molecular complexity index is 3020. The van der Waals surface area contributed by atoms with Crippen molar-refractivity contribution in [1.29, 1.82) is 0 Å². The molecule has 10 N–H and O–H groups in total. The molecule has 27 heteroatoms. The molecule has 2 fully saturated rings. The fourth-order valence-corrected chi connectivity index (χ4v) is 10.6. The number of rotatable bonds is 27. The van der Waals surface area contributed by atoms with Gasteiger partial charge in [-0.25, -0.2) is 14.5 Å². The Morgan fingerprint density at radius 3 is 2.35 bits per heavy atom. The number of aromatic nitrogens is 3. The van der Waals surface area contributed by atoms with E-state index < -0.39 is 64.9 Å². The number of aryl methyl sites for hydroxylation is 1. The minimum Gasteiger partial charge on any atom is -0.479 e. The number of carbonyl (C=O) groups is 5. The van der Waals surface area contributed by atoms with Gasteiger partial charge in [-0.3, -0.25) is 32.8 Å². The van der Waals surface area contributed by atoms with Crippen LogP contribution in [0.1, 0.15) is 67.3 Å². The minimum absolute atomic E-state index is 0.0116. The average molecular weight is 1110 g/mol. The highest BCUT2D eigenvalue weighted by Gasteiger charge is 2.49. The third-order valence-corrected chi connectivity index (χ3v) is 14.8. The lowest BCUT2D eigenvalue weighted by molar-refractivity contribution is -0.668. The highest BCUT2D eigenvalue weighted by atomic mass is 32.2. The summed E-state index contributed by atoms with van der Waals surface area (Å²) in [7, 11) is -4.25. The summed E-state index contributed by atoms with van der Waals surface area (Å²) in [4.78, 5) is 68.2. The van der Waals surface area contributed by atoms with Crippen LogP contribution < -0.4 is 30.4 Å². The van der Waals surface area contributed by atoms with Crippen LogP contribution >= 0.6 is 0 Å². The number of nitrogens with two attached hydrogens (primary N) is 1. The number of nitrogens with zero attached hydrogens (tertiary/aromatic N) is 4. The number of hydrogen-bond donors (Lipinski definition) is 9. The van der Waals surface area contributed by atoms with Crippen LogP contribution in [0.3, 0.4) is 0 Å². The molecule has 26 nitrogen and oxygen atoms in total. The zero-order valence-electron chi connectivity index (χ0n) is 42.3. The number of ether oxygens (including phenoxy) is 5. The SMILES string of the molecule is NS(=O)(=O)OC[C@H]1C[C@H](n2ccc3c(N[C@@H]4CCc5ccccc54)nc[n+](Cc4ccc(O[C@@H]5O[C@H](C(=O)O)[C@@H](O)[C@H](O)[C@H]5O)c(NC(=O)CCNC(=O)CCOCCOCCOCCN5C(=O)C6=C(C6)C5=O)c4)c32)C[C@H]1O. The van der Waals surface area contributed by atoms with Gasteiger partial charge >= 0.3 is 16.3 Å². The first-order valence-electron chi connectivity index (χ1n) is 25.6. The third-order valence-electron chi connectivity index (χ3n) is 14.3. The van der Waals surface area contributed by atoms with E-state index in [2.05, 4.69) is 28.1 Å². The maximum atomic E-state index is 13.6. The molecule has 0 spiro atoms. The van der Waals surface area contributed by atoms with Crippen molar-refractivity contribution in [2.75, 3.05) is 70.0 Å². The highest BCUT2D eigenvalue weighted by Crippen LogP contribution is 2.41. The predicted molar refractivity (Wildman–Crippen MR) is 270 cm³/mol. The van der Waals surface area contributed by atoms with Crippen molar-refractivity contribution in [2.24, 2.45) is 11.1 Å². The number of amides is 4. The van der Waals surface area contributed by atoms with Gasteiger partial charge in [0.15, 0.2) is 6.10 Å². The number of aliphatic carboxylic acids is 1. The van der Waals surface area contributed by atoms with E-state index >= 15 is 0 Å². The Kier molecular flexibility index (Phi) is 17.8. The molecule has 4 aromatic rings. The third kappa shape index (κ3) is 13.3. The standard InChI is InChI=1S/C51H62N8O18S/c52-78(70,71)75-26-30-22-31(23-38(30)60)58-13-10-33-46(56-36-7-6-29-3-1-2-4-32(29)36)54-27-57(47(33)58)25-28-5-8-39(76-51-44(65)42(63)43(64)45(77-51)50(68)69)37(21-28)55-41(62)9-12-53-40(61)11-15-72-17-19-74-20-18-73-16-14-59-48(66)34-24-35(34)49(59)67/h1-5,8,10,13,21,27,30-31,36,38,42-45,51,60,63-65H,6-7,9,11-12,14-20,22-26H2,(H5,52,53,55,61,62,68,69,70,71)/p+1/t30-,31+,36-,38-,42+,43+,44-,45+,51-/m1/s1. The van der Waals surface area contributed by atoms with Crippen LogP contribution in [0.25, 0.3) is 11.0 Å². The van der Waals surface area contributed by atoms with E-state index in [-0.39, 0.29) is 126 Å². The van der Waals surface area contributed by atoms with E-state index in [4.69, 9.17) is 38.0 Å². The van der Waals surface area contributed by atoms with Gasteiger partial charge in [0, 0.05) is 49.3 Å². The number of aliphatic hydroxyl groups is 4. The minimum atomic E-state index is -4.25. The van der Waals surface area contributed by atoms with Crippen molar-refractivity contribution < 1.29 is 90.4 Å². The van der Waals surface area contributed by atoms with Gasteiger partial charge in [-0.2, -0.15) is 8.42 Å². The first-order chi connectivity index (χ1) is 37.4. The molecule has 78 heavy (non-hydrogen) atoms. The molecule has 2 aliphatic heterocycles. The number of imide groups is 1. The number of anilines is 2. The van der Waals surface area contributed by atoms with Crippen LogP contribution in [0.4, 0.5) is 11.5 Å². The summed E-state index contributed by atoms with van der Waals surface area (Å²) in [6.07, 6.45) is -4.41. The summed E-state index contributed by atoms with van der Waals surface area (Å²) in [5.74, 6) is -3.13. The molecule has 4 heterocycles. The molecule has 9 rings (SSSR count). The van der Waals surface area contributed by atoms with Crippen LogP contribution in [-0.2, 0) is 70.4 Å². The molecule has 1 saturated carbocycles.